The summed E-state index contributed by atoms with van der Waals surface area (Å²) in [6.45, 7) is 3.85. The van der Waals surface area contributed by atoms with Crippen molar-refractivity contribution in [3.8, 4) is 5.88 Å². The molecular formula is C7H10ClNO2. The van der Waals surface area contributed by atoms with Crippen LogP contribution in [0.5, 0.6) is 5.88 Å². The van der Waals surface area contributed by atoms with Gasteiger partial charge in [-0.15, -0.1) is 11.6 Å². The lowest BCUT2D eigenvalue weighted by Gasteiger charge is -2.02. The Balaban J connectivity index is 2.58. The van der Waals surface area contributed by atoms with Gasteiger partial charge in [0.2, 0.25) is 0 Å². The molecule has 62 valence electrons. The molecule has 0 atom stereocenters. The Kier molecular flexibility index (Phi) is 2.76. The van der Waals surface area contributed by atoms with E-state index in [2.05, 4.69) is 5.16 Å². The average molecular weight is 176 g/mol. The molecule has 3 nitrogen and oxygen atoms in total. The smallest absolute Gasteiger partial charge is 0.254 e. The largest absolute Gasteiger partial charge is 0.473 e. The van der Waals surface area contributed by atoms with Crippen molar-refractivity contribution in [2.24, 2.45) is 0 Å². The van der Waals surface area contributed by atoms with Crippen molar-refractivity contribution in [3.63, 3.8) is 0 Å². The summed E-state index contributed by atoms with van der Waals surface area (Å²) < 4.78 is 10.0. The zero-order valence-electron chi connectivity index (χ0n) is 6.50. The molecule has 0 amide bonds. The van der Waals surface area contributed by atoms with E-state index in [1.165, 1.54) is 0 Å². The maximum absolute atomic E-state index is 5.49. The van der Waals surface area contributed by atoms with Gasteiger partial charge in [0.15, 0.2) is 5.76 Å². The van der Waals surface area contributed by atoms with Crippen molar-refractivity contribution >= 4 is 11.6 Å². The van der Waals surface area contributed by atoms with Crippen LogP contribution in [0.15, 0.2) is 10.6 Å². The number of ether oxygens (including phenoxy) is 1. The van der Waals surface area contributed by atoms with Crippen molar-refractivity contribution in [2.45, 2.75) is 25.8 Å². The number of rotatable bonds is 3. The molecule has 0 aliphatic heterocycles. The summed E-state index contributed by atoms with van der Waals surface area (Å²) in [6, 6.07) is 1.69. The minimum Gasteiger partial charge on any atom is -0.473 e. The van der Waals surface area contributed by atoms with Crippen LogP contribution < -0.4 is 4.74 Å². The van der Waals surface area contributed by atoms with Crippen molar-refractivity contribution in [1.82, 2.24) is 5.16 Å². The molecule has 0 N–H and O–H groups in total. The summed E-state index contributed by atoms with van der Waals surface area (Å²) in [5, 5.41) is 3.65. The molecule has 0 saturated carbocycles. The summed E-state index contributed by atoms with van der Waals surface area (Å²) in [7, 11) is 0. The first-order chi connectivity index (χ1) is 5.22. The van der Waals surface area contributed by atoms with E-state index in [-0.39, 0.29) is 6.10 Å². The van der Waals surface area contributed by atoms with Gasteiger partial charge >= 0.3 is 0 Å². The molecule has 1 aromatic heterocycles. The number of aromatic nitrogens is 1. The standard InChI is InChI=1S/C7H10ClNO2/c1-5(2)10-7-3-6(4-8)11-9-7/h3,5H,4H2,1-2H3. The van der Waals surface area contributed by atoms with Crippen LogP contribution in [0, 0.1) is 0 Å². The average Bonchev–Trinajstić information content (AvgIpc) is 2.34. The predicted octanol–water partition coefficient (Wildman–Crippen LogP) is 2.20. The fourth-order valence-electron chi connectivity index (χ4n) is 0.654. The van der Waals surface area contributed by atoms with Gasteiger partial charge in [0.25, 0.3) is 5.88 Å². The molecule has 0 spiro atoms. The summed E-state index contributed by atoms with van der Waals surface area (Å²) in [5.74, 6) is 1.45. The van der Waals surface area contributed by atoms with Crippen LogP contribution in [0.25, 0.3) is 0 Å². The Morgan fingerprint density at radius 3 is 2.91 bits per heavy atom. The molecule has 0 bridgehead atoms. The van der Waals surface area contributed by atoms with E-state index in [1.807, 2.05) is 13.8 Å². The fraction of sp³-hybridized carbons (Fsp3) is 0.571. The fourth-order valence-corrected chi connectivity index (χ4v) is 0.780. The van der Waals surface area contributed by atoms with Gasteiger partial charge in [-0.2, -0.15) is 0 Å². The Morgan fingerprint density at radius 2 is 2.45 bits per heavy atom. The second-order valence-electron chi connectivity index (χ2n) is 2.43. The first-order valence-electron chi connectivity index (χ1n) is 3.40. The molecule has 0 radical (unpaired) electrons. The van der Waals surface area contributed by atoms with Crippen molar-refractivity contribution in [1.29, 1.82) is 0 Å². The molecule has 0 aliphatic rings. The number of nitrogens with zero attached hydrogens (tertiary/aromatic N) is 1. The molecule has 4 heteroatoms. The van der Waals surface area contributed by atoms with Gasteiger partial charge in [-0.25, -0.2) is 0 Å². The van der Waals surface area contributed by atoms with E-state index >= 15 is 0 Å². The minimum absolute atomic E-state index is 0.114. The molecule has 1 rings (SSSR count). The van der Waals surface area contributed by atoms with E-state index in [0.29, 0.717) is 17.5 Å². The third kappa shape index (κ3) is 2.42. The first-order valence-corrected chi connectivity index (χ1v) is 3.94. The Morgan fingerprint density at radius 1 is 1.73 bits per heavy atom. The molecule has 0 aliphatic carbocycles. The van der Waals surface area contributed by atoms with E-state index in [9.17, 15) is 0 Å². The van der Waals surface area contributed by atoms with Crippen LogP contribution >= 0.6 is 11.6 Å². The molecule has 0 saturated heterocycles. The number of hydrogen-bond acceptors (Lipinski definition) is 3. The molecule has 0 aromatic carbocycles. The van der Waals surface area contributed by atoms with Gasteiger partial charge in [-0.05, 0) is 19.0 Å². The highest BCUT2D eigenvalue weighted by Crippen LogP contribution is 2.13. The van der Waals surface area contributed by atoms with Crippen molar-refractivity contribution in [2.75, 3.05) is 0 Å². The van der Waals surface area contributed by atoms with E-state index in [1.54, 1.807) is 6.07 Å². The lowest BCUT2D eigenvalue weighted by molar-refractivity contribution is 0.217. The number of halogens is 1. The minimum atomic E-state index is 0.114. The maximum atomic E-state index is 5.49. The molecule has 1 aromatic rings. The highest BCUT2D eigenvalue weighted by molar-refractivity contribution is 6.16. The van der Waals surface area contributed by atoms with Gasteiger partial charge < -0.3 is 9.26 Å². The summed E-state index contributed by atoms with van der Waals surface area (Å²) in [6.07, 6.45) is 0.114. The Labute approximate surface area is 70.3 Å². The second kappa shape index (κ2) is 3.62. The zero-order valence-corrected chi connectivity index (χ0v) is 7.26. The van der Waals surface area contributed by atoms with Crippen LogP contribution in [-0.2, 0) is 5.88 Å². The van der Waals surface area contributed by atoms with Gasteiger partial charge in [0.1, 0.15) is 0 Å². The van der Waals surface area contributed by atoms with Gasteiger partial charge in [0, 0.05) is 6.07 Å². The Bertz CT molecular complexity index is 222. The SMILES string of the molecule is CC(C)Oc1cc(CCl)on1. The number of alkyl halides is 1. The maximum Gasteiger partial charge on any atom is 0.254 e. The molecule has 11 heavy (non-hydrogen) atoms. The van der Waals surface area contributed by atoms with E-state index in [0.717, 1.165) is 0 Å². The monoisotopic (exact) mass is 175 g/mol. The third-order valence-corrected chi connectivity index (χ3v) is 1.29. The van der Waals surface area contributed by atoms with Crippen LogP contribution in [0.3, 0.4) is 0 Å². The van der Waals surface area contributed by atoms with Crippen LogP contribution in [-0.4, -0.2) is 11.3 Å². The number of hydrogen-bond donors (Lipinski definition) is 0. The van der Waals surface area contributed by atoms with Gasteiger partial charge in [0.05, 0.1) is 12.0 Å². The molecular weight excluding hydrogens is 166 g/mol. The molecule has 0 fully saturated rings. The topological polar surface area (TPSA) is 35.3 Å². The second-order valence-corrected chi connectivity index (χ2v) is 2.70. The highest BCUT2D eigenvalue weighted by Gasteiger charge is 2.04. The molecule has 1 heterocycles. The third-order valence-electron chi connectivity index (χ3n) is 1.03. The lowest BCUT2D eigenvalue weighted by Crippen LogP contribution is -2.05. The van der Waals surface area contributed by atoms with Gasteiger partial charge in [-0.1, -0.05) is 0 Å². The molecule has 0 unspecified atom stereocenters. The van der Waals surface area contributed by atoms with Crippen LogP contribution in [0.4, 0.5) is 0 Å². The highest BCUT2D eigenvalue weighted by atomic mass is 35.5. The summed E-state index contributed by atoms with van der Waals surface area (Å²) in [4.78, 5) is 0. The van der Waals surface area contributed by atoms with E-state index in [4.69, 9.17) is 20.9 Å². The van der Waals surface area contributed by atoms with Crippen LogP contribution in [0.2, 0.25) is 0 Å². The summed E-state index contributed by atoms with van der Waals surface area (Å²) in [5.41, 5.74) is 0. The predicted molar refractivity (Wildman–Crippen MR) is 41.8 cm³/mol. The summed E-state index contributed by atoms with van der Waals surface area (Å²) >= 11 is 5.49. The van der Waals surface area contributed by atoms with Crippen LogP contribution in [0.1, 0.15) is 19.6 Å². The first kappa shape index (κ1) is 8.40. The quantitative estimate of drug-likeness (QED) is 0.661. The van der Waals surface area contributed by atoms with Gasteiger partial charge in [-0.3, -0.25) is 0 Å². The van der Waals surface area contributed by atoms with E-state index < -0.39 is 0 Å². The van der Waals surface area contributed by atoms with Crippen molar-refractivity contribution in [3.05, 3.63) is 11.8 Å². The normalized spacial score (nSPS) is 10.5. The zero-order chi connectivity index (χ0) is 8.27. The lowest BCUT2D eigenvalue weighted by atomic mass is 10.4. The van der Waals surface area contributed by atoms with Crippen molar-refractivity contribution < 1.29 is 9.26 Å². The Hall–Kier alpha value is -0.700.